The molecule has 0 saturated heterocycles. The molecular weight excluding hydrogens is 448 g/mol. The number of carbonyl (C=O) groups is 2. The molecule has 3 aromatic rings. The largest absolute Gasteiger partial charge is 0.497 e. The van der Waals surface area contributed by atoms with Gasteiger partial charge in [-0.15, -0.1) is 0 Å². The Morgan fingerprint density at radius 3 is 2.25 bits per heavy atom. The minimum atomic E-state index is -0.456. The van der Waals surface area contributed by atoms with Gasteiger partial charge in [-0.05, 0) is 48.5 Å². The number of halogens is 1. The summed E-state index contributed by atoms with van der Waals surface area (Å²) in [4.78, 5) is 29.0. The van der Waals surface area contributed by atoms with E-state index < -0.39 is 11.8 Å². The van der Waals surface area contributed by atoms with Gasteiger partial charge in [-0.1, -0.05) is 41.6 Å². The Hall–Kier alpha value is -3.42. The van der Waals surface area contributed by atoms with E-state index in [-0.39, 0.29) is 10.6 Å². The number of hydrogen-bond acceptors (Lipinski definition) is 6. The highest BCUT2D eigenvalue weighted by Crippen LogP contribution is 2.39. The van der Waals surface area contributed by atoms with Crippen LogP contribution in [0.4, 0.5) is 11.4 Å². The van der Waals surface area contributed by atoms with Gasteiger partial charge in [-0.25, -0.2) is 4.90 Å². The third-order valence-corrected chi connectivity index (χ3v) is 6.10. The van der Waals surface area contributed by atoms with Gasteiger partial charge in [0.25, 0.3) is 11.8 Å². The van der Waals surface area contributed by atoms with Crippen LogP contribution in [0.5, 0.6) is 11.5 Å². The fourth-order valence-electron chi connectivity index (χ4n) is 3.19. The molecule has 1 N–H and O–H groups in total. The van der Waals surface area contributed by atoms with Gasteiger partial charge >= 0.3 is 0 Å². The van der Waals surface area contributed by atoms with Crippen LogP contribution >= 0.6 is 23.4 Å². The fraction of sp³-hybridized carbons (Fsp3) is 0.0833. The summed E-state index contributed by atoms with van der Waals surface area (Å²) in [5.41, 5.74) is 1.16. The molecule has 32 heavy (non-hydrogen) atoms. The second kappa shape index (κ2) is 9.38. The summed E-state index contributed by atoms with van der Waals surface area (Å²) >= 11 is 7.19. The number of nitrogens with zero attached hydrogens (tertiary/aromatic N) is 1. The molecule has 1 aliphatic rings. The van der Waals surface area contributed by atoms with E-state index in [0.29, 0.717) is 27.9 Å². The van der Waals surface area contributed by atoms with Gasteiger partial charge in [0.05, 0.1) is 25.6 Å². The Balaban J connectivity index is 1.78. The molecule has 162 valence electrons. The van der Waals surface area contributed by atoms with E-state index in [0.717, 1.165) is 9.80 Å². The molecule has 1 aliphatic heterocycles. The zero-order valence-corrected chi connectivity index (χ0v) is 18.9. The first-order chi connectivity index (χ1) is 15.5. The lowest BCUT2D eigenvalue weighted by atomic mass is 10.2. The molecule has 0 radical (unpaired) electrons. The van der Waals surface area contributed by atoms with Crippen molar-refractivity contribution in [3.8, 4) is 11.5 Å². The first kappa shape index (κ1) is 21.8. The van der Waals surface area contributed by atoms with Gasteiger partial charge in [0.15, 0.2) is 0 Å². The SMILES string of the molecule is COc1ccc(OC)c(NC2=C(Sc3ccc(Cl)cc3)C(=O)N(c3ccccc3)C2=O)c1. The minimum Gasteiger partial charge on any atom is -0.497 e. The molecule has 0 spiro atoms. The lowest BCUT2D eigenvalue weighted by Gasteiger charge is -2.16. The summed E-state index contributed by atoms with van der Waals surface area (Å²) in [7, 11) is 3.08. The van der Waals surface area contributed by atoms with Crippen LogP contribution in [0.1, 0.15) is 0 Å². The van der Waals surface area contributed by atoms with Crippen LogP contribution in [0.3, 0.4) is 0 Å². The highest BCUT2D eigenvalue weighted by Gasteiger charge is 2.40. The Morgan fingerprint density at radius 1 is 0.875 bits per heavy atom. The number of hydrogen-bond donors (Lipinski definition) is 1. The molecule has 2 amide bonds. The van der Waals surface area contributed by atoms with Gasteiger partial charge in [-0.3, -0.25) is 9.59 Å². The first-order valence-corrected chi connectivity index (χ1v) is 10.8. The van der Waals surface area contributed by atoms with Crippen LogP contribution in [0.2, 0.25) is 5.02 Å². The number of thioether (sulfide) groups is 1. The quantitative estimate of drug-likeness (QED) is 0.474. The highest BCUT2D eigenvalue weighted by atomic mass is 35.5. The van der Waals surface area contributed by atoms with Crippen molar-refractivity contribution in [3.63, 3.8) is 0 Å². The summed E-state index contributed by atoms with van der Waals surface area (Å²) in [6.45, 7) is 0. The van der Waals surface area contributed by atoms with Crippen molar-refractivity contribution in [2.75, 3.05) is 24.4 Å². The number of ether oxygens (including phenoxy) is 2. The Morgan fingerprint density at radius 2 is 1.59 bits per heavy atom. The van der Waals surface area contributed by atoms with E-state index in [9.17, 15) is 9.59 Å². The molecule has 8 heteroatoms. The van der Waals surface area contributed by atoms with Gasteiger partial charge in [0, 0.05) is 16.0 Å². The summed E-state index contributed by atoms with van der Waals surface area (Å²) in [5.74, 6) is 0.220. The maximum absolute atomic E-state index is 13.4. The van der Waals surface area contributed by atoms with Crippen molar-refractivity contribution in [2.24, 2.45) is 0 Å². The van der Waals surface area contributed by atoms with Gasteiger partial charge in [0.1, 0.15) is 22.1 Å². The molecular formula is C24H19ClN2O4S. The lowest BCUT2D eigenvalue weighted by Crippen LogP contribution is -2.32. The van der Waals surface area contributed by atoms with Crippen molar-refractivity contribution < 1.29 is 19.1 Å². The monoisotopic (exact) mass is 466 g/mol. The number of imide groups is 1. The number of benzene rings is 3. The van der Waals surface area contributed by atoms with Crippen LogP contribution in [-0.2, 0) is 9.59 Å². The highest BCUT2D eigenvalue weighted by molar-refractivity contribution is 8.04. The van der Waals surface area contributed by atoms with E-state index in [1.165, 1.54) is 18.9 Å². The average molecular weight is 467 g/mol. The molecule has 0 aliphatic carbocycles. The minimum absolute atomic E-state index is 0.158. The third-order valence-electron chi connectivity index (χ3n) is 4.76. The summed E-state index contributed by atoms with van der Waals surface area (Å²) in [6, 6.07) is 21.1. The number of para-hydroxylation sites is 1. The zero-order valence-electron chi connectivity index (χ0n) is 17.3. The van der Waals surface area contributed by atoms with Crippen molar-refractivity contribution in [1.82, 2.24) is 0 Å². The first-order valence-electron chi connectivity index (χ1n) is 9.62. The Bertz CT molecular complexity index is 1200. The number of amides is 2. The van der Waals surface area contributed by atoms with E-state index in [2.05, 4.69) is 5.32 Å². The van der Waals surface area contributed by atoms with E-state index >= 15 is 0 Å². The summed E-state index contributed by atoms with van der Waals surface area (Å²) in [6.07, 6.45) is 0. The van der Waals surface area contributed by atoms with Gasteiger partial charge in [-0.2, -0.15) is 0 Å². The maximum atomic E-state index is 13.4. The van der Waals surface area contributed by atoms with Crippen LogP contribution in [-0.4, -0.2) is 26.0 Å². The second-order valence-electron chi connectivity index (χ2n) is 6.73. The number of methoxy groups -OCH3 is 2. The lowest BCUT2D eigenvalue weighted by molar-refractivity contribution is -0.120. The van der Waals surface area contributed by atoms with Crippen LogP contribution in [0, 0.1) is 0 Å². The maximum Gasteiger partial charge on any atom is 0.283 e. The normalized spacial score (nSPS) is 13.5. The van der Waals surface area contributed by atoms with Crippen LogP contribution < -0.4 is 19.7 Å². The van der Waals surface area contributed by atoms with Gasteiger partial charge in [0.2, 0.25) is 0 Å². The topological polar surface area (TPSA) is 67.9 Å². The Kier molecular flexibility index (Phi) is 6.39. The molecule has 0 bridgehead atoms. The molecule has 0 atom stereocenters. The van der Waals surface area contributed by atoms with Crippen LogP contribution in [0.15, 0.2) is 88.3 Å². The summed E-state index contributed by atoms with van der Waals surface area (Å²) in [5, 5.41) is 3.70. The molecule has 0 saturated carbocycles. The number of anilines is 2. The molecule has 0 fully saturated rings. The molecule has 3 aromatic carbocycles. The molecule has 6 nitrogen and oxygen atoms in total. The van der Waals surface area contributed by atoms with Crippen molar-refractivity contribution in [3.05, 3.63) is 88.4 Å². The van der Waals surface area contributed by atoms with E-state index in [4.69, 9.17) is 21.1 Å². The standard InChI is InChI=1S/C24H19ClN2O4S/c1-30-17-10-13-20(31-2)19(14-17)26-21-22(32-18-11-8-15(25)9-12-18)24(29)27(23(21)28)16-6-4-3-5-7-16/h3-14,26H,1-2H3. The molecule has 4 rings (SSSR count). The smallest absolute Gasteiger partial charge is 0.283 e. The van der Waals surface area contributed by atoms with Crippen molar-refractivity contribution in [1.29, 1.82) is 0 Å². The van der Waals surface area contributed by atoms with E-state index in [1.54, 1.807) is 73.8 Å². The molecule has 1 heterocycles. The van der Waals surface area contributed by atoms with Crippen LogP contribution in [0.25, 0.3) is 0 Å². The average Bonchev–Trinajstić information content (AvgIpc) is 3.04. The number of nitrogens with one attached hydrogen (secondary N) is 1. The van der Waals surface area contributed by atoms with Crippen molar-refractivity contribution in [2.45, 2.75) is 4.90 Å². The zero-order chi connectivity index (χ0) is 22.7. The predicted octanol–water partition coefficient (Wildman–Crippen LogP) is 5.35. The van der Waals surface area contributed by atoms with Crippen molar-refractivity contribution >= 4 is 46.6 Å². The molecule has 0 unspecified atom stereocenters. The van der Waals surface area contributed by atoms with E-state index in [1.807, 2.05) is 6.07 Å². The number of rotatable bonds is 7. The Labute approximate surface area is 194 Å². The van der Waals surface area contributed by atoms with Gasteiger partial charge < -0.3 is 14.8 Å². The third kappa shape index (κ3) is 4.30. The second-order valence-corrected chi connectivity index (χ2v) is 8.25. The summed E-state index contributed by atoms with van der Waals surface area (Å²) < 4.78 is 10.7. The molecule has 0 aromatic heterocycles. The predicted molar refractivity (Wildman–Crippen MR) is 126 cm³/mol. The fourth-order valence-corrected chi connectivity index (χ4v) is 4.25. The number of carbonyl (C=O) groups excluding carboxylic acids is 2.